The zero-order valence-corrected chi connectivity index (χ0v) is 15.5. The van der Waals surface area contributed by atoms with Crippen LogP contribution in [-0.4, -0.2) is 39.1 Å². The van der Waals surface area contributed by atoms with E-state index in [1.807, 2.05) is 41.3 Å². The van der Waals surface area contributed by atoms with Gasteiger partial charge in [-0.15, -0.1) is 10.2 Å². The van der Waals surface area contributed by atoms with Crippen molar-refractivity contribution in [2.24, 2.45) is 0 Å². The summed E-state index contributed by atoms with van der Waals surface area (Å²) < 4.78 is 5.83. The van der Waals surface area contributed by atoms with Gasteiger partial charge < -0.3 is 9.32 Å². The number of rotatable bonds is 4. The Kier molecular flexibility index (Phi) is 5.16. The van der Waals surface area contributed by atoms with Gasteiger partial charge in [0.1, 0.15) is 5.69 Å². The Morgan fingerprint density at radius 1 is 1.19 bits per heavy atom. The predicted octanol–water partition coefficient (Wildman–Crippen LogP) is 3.73. The van der Waals surface area contributed by atoms with Gasteiger partial charge >= 0.3 is 0 Å². The molecule has 3 heterocycles. The molecule has 138 valence electrons. The molecule has 6 nitrogen and oxygen atoms in total. The summed E-state index contributed by atoms with van der Waals surface area (Å²) in [5.41, 5.74) is 1.50. The van der Waals surface area contributed by atoms with Crippen LogP contribution in [0.15, 0.2) is 53.1 Å². The van der Waals surface area contributed by atoms with Crippen LogP contribution >= 0.6 is 11.6 Å². The van der Waals surface area contributed by atoms with Crippen molar-refractivity contribution in [3.8, 4) is 11.6 Å². The molecule has 4 rings (SSSR count). The van der Waals surface area contributed by atoms with Crippen molar-refractivity contribution in [2.45, 2.75) is 25.2 Å². The number of pyridine rings is 1. The first-order chi connectivity index (χ1) is 13.2. The van der Waals surface area contributed by atoms with E-state index in [2.05, 4.69) is 15.2 Å². The zero-order chi connectivity index (χ0) is 18.6. The molecule has 1 saturated heterocycles. The van der Waals surface area contributed by atoms with E-state index < -0.39 is 0 Å². The fourth-order valence-electron chi connectivity index (χ4n) is 3.31. The molecule has 1 aliphatic heterocycles. The molecule has 0 aliphatic carbocycles. The Morgan fingerprint density at radius 2 is 2.04 bits per heavy atom. The van der Waals surface area contributed by atoms with Gasteiger partial charge in [-0.1, -0.05) is 35.9 Å². The van der Waals surface area contributed by atoms with E-state index in [1.54, 1.807) is 12.3 Å². The Balaban J connectivity index is 1.45. The van der Waals surface area contributed by atoms with Gasteiger partial charge in [0.2, 0.25) is 11.8 Å². The number of aromatic nitrogens is 3. The fourth-order valence-corrected chi connectivity index (χ4v) is 3.52. The van der Waals surface area contributed by atoms with Crippen LogP contribution in [0.2, 0.25) is 5.02 Å². The minimum absolute atomic E-state index is 0.0407. The summed E-state index contributed by atoms with van der Waals surface area (Å²) in [6, 6.07) is 13.0. The lowest BCUT2D eigenvalue weighted by atomic mass is 9.97. The quantitative estimate of drug-likeness (QED) is 0.687. The van der Waals surface area contributed by atoms with E-state index in [9.17, 15) is 4.79 Å². The monoisotopic (exact) mass is 382 g/mol. The summed E-state index contributed by atoms with van der Waals surface area (Å²) in [6.45, 7) is 1.31. The average Bonchev–Trinajstić information content (AvgIpc) is 3.21. The molecule has 1 amide bonds. The number of carbonyl (C=O) groups is 1. The molecule has 0 saturated carbocycles. The Hall–Kier alpha value is -2.73. The van der Waals surface area contributed by atoms with Crippen LogP contribution in [0, 0.1) is 0 Å². The normalized spacial score (nSPS) is 17.1. The highest BCUT2D eigenvalue weighted by Gasteiger charge is 2.28. The second-order valence-corrected chi connectivity index (χ2v) is 7.01. The van der Waals surface area contributed by atoms with Crippen LogP contribution in [0.25, 0.3) is 11.6 Å². The first kappa shape index (κ1) is 17.7. The van der Waals surface area contributed by atoms with Crippen LogP contribution in [0.5, 0.6) is 0 Å². The highest BCUT2D eigenvalue weighted by Crippen LogP contribution is 2.28. The minimum Gasteiger partial charge on any atom is -0.419 e. The highest BCUT2D eigenvalue weighted by atomic mass is 35.5. The molecule has 7 heteroatoms. The Bertz CT molecular complexity index is 928. The van der Waals surface area contributed by atoms with Crippen LogP contribution < -0.4 is 0 Å². The molecule has 27 heavy (non-hydrogen) atoms. The van der Waals surface area contributed by atoms with Crippen molar-refractivity contribution in [2.75, 3.05) is 13.1 Å². The van der Waals surface area contributed by atoms with Crippen molar-refractivity contribution in [3.63, 3.8) is 0 Å². The van der Waals surface area contributed by atoms with Crippen molar-refractivity contribution in [1.82, 2.24) is 20.1 Å². The predicted molar refractivity (Wildman–Crippen MR) is 101 cm³/mol. The van der Waals surface area contributed by atoms with Crippen LogP contribution in [0.3, 0.4) is 0 Å². The summed E-state index contributed by atoms with van der Waals surface area (Å²) >= 11 is 6.18. The summed E-state index contributed by atoms with van der Waals surface area (Å²) in [7, 11) is 0. The SMILES string of the molecule is O=C(Cc1ccccc1Cl)N1CCC[C@H](c2nnc(-c3ccccn3)o2)C1. The van der Waals surface area contributed by atoms with Crippen molar-refractivity contribution in [3.05, 3.63) is 65.1 Å². The minimum atomic E-state index is 0.0407. The van der Waals surface area contributed by atoms with E-state index in [0.717, 1.165) is 24.9 Å². The molecule has 0 N–H and O–H groups in total. The van der Waals surface area contributed by atoms with Crippen LogP contribution in [0.1, 0.15) is 30.2 Å². The fraction of sp³-hybridized carbons (Fsp3) is 0.300. The van der Waals surface area contributed by atoms with Crippen molar-refractivity contribution < 1.29 is 9.21 Å². The maximum absolute atomic E-state index is 12.7. The van der Waals surface area contributed by atoms with E-state index >= 15 is 0 Å². The number of nitrogens with zero attached hydrogens (tertiary/aromatic N) is 4. The largest absolute Gasteiger partial charge is 0.419 e. The third-order valence-corrected chi connectivity index (χ3v) is 5.12. The molecule has 0 radical (unpaired) electrons. The van der Waals surface area contributed by atoms with Gasteiger partial charge in [-0.25, -0.2) is 0 Å². The number of halogens is 1. The van der Waals surface area contributed by atoms with Gasteiger partial charge in [0.15, 0.2) is 0 Å². The molecule has 1 aromatic carbocycles. The lowest BCUT2D eigenvalue weighted by Gasteiger charge is -2.31. The lowest BCUT2D eigenvalue weighted by Crippen LogP contribution is -2.40. The molecule has 2 aromatic heterocycles. The number of hydrogen-bond acceptors (Lipinski definition) is 5. The third-order valence-electron chi connectivity index (χ3n) is 4.75. The number of likely N-dealkylation sites (tertiary alicyclic amines) is 1. The van der Waals surface area contributed by atoms with Gasteiger partial charge in [-0.05, 0) is 36.6 Å². The van der Waals surface area contributed by atoms with Gasteiger partial charge in [0, 0.05) is 24.3 Å². The summed E-state index contributed by atoms with van der Waals surface area (Å²) in [5, 5.41) is 8.92. The van der Waals surface area contributed by atoms with Crippen LogP contribution in [-0.2, 0) is 11.2 Å². The second kappa shape index (κ2) is 7.88. The summed E-state index contributed by atoms with van der Waals surface area (Å²) in [6.07, 6.45) is 3.81. The molecular formula is C20H19ClN4O2. The molecular weight excluding hydrogens is 364 g/mol. The third kappa shape index (κ3) is 4.01. The van der Waals surface area contributed by atoms with E-state index in [1.165, 1.54) is 0 Å². The summed E-state index contributed by atoms with van der Waals surface area (Å²) in [5.74, 6) is 1.08. The number of amides is 1. The Labute approximate surface area is 162 Å². The highest BCUT2D eigenvalue weighted by molar-refractivity contribution is 6.31. The first-order valence-electron chi connectivity index (χ1n) is 8.96. The van der Waals surface area contributed by atoms with E-state index in [0.29, 0.717) is 35.5 Å². The van der Waals surface area contributed by atoms with E-state index in [-0.39, 0.29) is 11.8 Å². The van der Waals surface area contributed by atoms with Crippen LogP contribution in [0.4, 0.5) is 0 Å². The van der Waals surface area contributed by atoms with Gasteiger partial charge in [0.25, 0.3) is 5.89 Å². The Morgan fingerprint density at radius 3 is 2.85 bits per heavy atom. The van der Waals surface area contributed by atoms with Gasteiger partial charge in [-0.3, -0.25) is 9.78 Å². The average molecular weight is 383 g/mol. The van der Waals surface area contributed by atoms with E-state index in [4.69, 9.17) is 16.0 Å². The van der Waals surface area contributed by atoms with Crippen molar-refractivity contribution >= 4 is 17.5 Å². The number of carbonyl (C=O) groups excluding carboxylic acids is 1. The van der Waals surface area contributed by atoms with Gasteiger partial charge in [0.05, 0.1) is 12.3 Å². The molecule has 1 aliphatic rings. The number of hydrogen-bond donors (Lipinski definition) is 0. The lowest BCUT2D eigenvalue weighted by molar-refractivity contribution is -0.131. The standard InChI is InChI=1S/C20H19ClN4O2/c21-16-8-2-1-6-14(16)12-18(26)25-11-5-7-15(13-25)19-23-24-20(27-19)17-9-3-4-10-22-17/h1-4,6,8-10,15H,5,7,11-13H2/t15-/m0/s1. The summed E-state index contributed by atoms with van der Waals surface area (Å²) in [4.78, 5) is 18.8. The molecule has 0 bridgehead atoms. The first-order valence-corrected chi connectivity index (χ1v) is 9.34. The number of benzene rings is 1. The maximum atomic E-state index is 12.7. The maximum Gasteiger partial charge on any atom is 0.266 e. The molecule has 0 unspecified atom stereocenters. The zero-order valence-electron chi connectivity index (χ0n) is 14.7. The molecule has 3 aromatic rings. The molecule has 1 atom stereocenters. The second-order valence-electron chi connectivity index (χ2n) is 6.61. The smallest absolute Gasteiger partial charge is 0.266 e. The topological polar surface area (TPSA) is 72.1 Å². The molecule has 1 fully saturated rings. The van der Waals surface area contributed by atoms with Gasteiger partial charge in [-0.2, -0.15) is 0 Å². The molecule has 0 spiro atoms. The number of piperidine rings is 1. The van der Waals surface area contributed by atoms with Crippen molar-refractivity contribution in [1.29, 1.82) is 0 Å².